The number of likely N-dealkylation sites (N-methyl/N-ethyl adjacent to an activating group) is 1. The minimum absolute atomic E-state index is 0.0212. The molecule has 1 rings (SSSR count). The molecule has 5 heteroatoms. The van der Waals surface area contributed by atoms with Gasteiger partial charge in [0.25, 0.3) is 0 Å². The number of hydrogen-bond acceptors (Lipinski definition) is 3. The molecule has 0 heterocycles. The fraction of sp³-hybridized carbons (Fsp3) is 0.800. The fourth-order valence-electron chi connectivity index (χ4n) is 1.87. The molecular formula is C10H19N3O2. The van der Waals surface area contributed by atoms with Crippen molar-refractivity contribution in [1.29, 1.82) is 0 Å². The maximum absolute atomic E-state index is 11.7. The highest BCUT2D eigenvalue weighted by atomic mass is 16.2. The third-order valence-electron chi connectivity index (χ3n) is 2.84. The van der Waals surface area contributed by atoms with Crippen LogP contribution in [-0.2, 0) is 9.59 Å². The lowest BCUT2D eigenvalue weighted by Crippen LogP contribution is -2.45. The van der Waals surface area contributed by atoms with Gasteiger partial charge in [0, 0.05) is 19.0 Å². The molecule has 1 aliphatic carbocycles. The molecule has 2 amide bonds. The first kappa shape index (κ1) is 12.0. The smallest absolute Gasteiger partial charge is 0.242 e. The molecule has 86 valence electrons. The highest BCUT2D eigenvalue weighted by Crippen LogP contribution is 2.24. The van der Waals surface area contributed by atoms with Crippen LogP contribution >= 0.6 is 0 Å². The van der Waals surface area contributed by atoms with E-state index >= 15 is 0 Å². The molecule has 5 nitrogen and oxygen atoms in total. The van der Waals surface area contributed by atoms with Gasteiger partial charge in [0.2, 0.25) is 11.8 Å². The lowest BCUT2D eigenvalue weighted by atomic mass is 10.1. The first-order chi connectivity index (χ1) is 7.04. The van der Waals surface area contributed by atoms with Crippen LogP contribution in [0.5, 0.6) is 0 Å². The van der Waals surface area contributed by atoms with Gasteiger partial charge in [0.05, 0.1) is 0 Å². The lowest BCUT2D eigenvalue weighted by Gasteiger charge is -2.15. The summed E-state index contributed by atoms with van der Waals surface area (Å²) in [4.78, 5) is 22.9. The van der Waals surface area contributed by atoms with Gasteiger partial charge in [0.15, 0.2) is 0 Å². The number of rotatable bonds is 3. The van der Waals surface area contributed by atoms with E-state index in [4.69, 9.17) is 5.73 Å². The van der Waals surface area contributed by atoms with Gasteiger partial charge in [-0.15, -0.1) is 0 Å². The van der Waals surface area contributed by atoms with Crippen LogP contribution in [0.2, 0.25) is 0 Å². The Labute approximate surface area is 89.8 Å². The van der Waals surface area contributed by atoms with Crippen LogP contribution in [-0.4, -0.2) is 30.9 Å². The van der Waals surface area contributed by atoms with Crippen molar-refractivity contribution in [2.24, 2.45) is 11.7 Å². The molecule has 1 aliphatic rings. The van der Waals surface area contributed by atoms with Crippen LogP contribution in [0, 0.1) is 5.92 Å². The zero-order chi connectivity index (χ0) is 11.4. The average Bonchev–Trinajstić information content (AvgIpc) is 2.63. The maximum atomic E-state index is 11.7. The molecule has 0 saturated heterocycles. The molecule has 0 aliphatic heterocycles. The zero-order valence-electron chi connectivity index (χ0n) is 9.25. The number of nitrogens with one attached hydrogen (secondary N) is 2. The van der Waals surface area contributed by atoms with Gasteiger partial charge in [-0.2, -0.15) is 0 Å². The van der Waals surface area contributed by atoms with E-state index in [9.17, 15) is 9.59 Å². The quantitative estimate of drug-likeness (QED) is 0.583. The van der Waals surface area contributed by atoms with Crippen LogP contribution in [0.4, 0.5) is 0 Å². The molecule has 4 N–H and O–H groups in total. The second kappa shape index (κ2) is 5.11. The van der Waals surface area contributed by atoms with E-state index in [1.807, 2.05) is 0 Å². The third-order valence-corrected chi connectivity index (χ3v) is 2.84. The third kappa shape index (κ3) is 3.20. The average molecular weight is 213 g/mol. The van der Waals surface area contributed by atoms with E-state index < -0.39 is 6.04 Å². The van der Waals surface area contributed by atoms with Crippen molar-refractivity contribution >= 4 is 11.8 Å². The highest BCUT2D eigenvalue weighted by Gasteiger charge is 2.29. The standard InChI is InChI=1S/C10H19N3O2/c1-6(9(14)12-2)13-10(15)7-3-4-8(11)5-7/h6-8H,3-5,11H2,1-2H3,(H,12,14)(H,13,15). The molecule has 0 spiro atoms. The molecule has 3 unspecified atom stereocenters. The van der Waals surface area contributed by atoms with Crippen LogP contribution in [0.25, 0.3) is 0 Å². The van der Waals surface area contributed by atoms with Gasteiger partial charge < -0.3 is 16.4 Å². The normalized spacial score (nSPS) is 27.1. The summed E-state index contributed by atoms with van der Waals surface area (Å²) in [7, 11) is 1.55. The molecule has 0 bridgehead atoms. The van der Waals surface area contributed by atoms with Gasteiger partial charge in [-0.25, -0.2) is 0 Å². The Hall–Kier alpha value is -1.10. The van der Waals surface area contributed by atoms with Crippen molar-refractivity contribution in [2.45, 2.75) is 38.3 Å². The number of amides is 2. The van der Waals surface area contributed by atoms with Crippen molar-refractivity contribution < 1.29 is 9.59 Å². The number of carbonyl (C=O) groups is 2. The number of nitrogens with two attached hydrogens (primary N) is 1. The minimum atomic E-state index is -0.473. The Bertz CT molecular complexity index is 255. The number of hydrogen-bond donors (Lipinski definition) is 3. The number of carbonyl (C=O) groups excluding carboxylic acids is 2. The molecular weight excluding hydrogens is 194 g/mol. The van der Waals surface area contributed by atoms with Crippen LogP contribution < -0.4 is 16.4 Å². The summed E-state index contributed by atoms with van der Waals surface area (Å²) in [5.74, 6) is -0.253. The Kier molecular flexibility index (Phi) is 4.08. The molecule has 0 aromatic rings. The maximum Gasteiger partial charge on any atom is 0.242 e. The monoisotopic (exact) mass is 213 g/mol. The van der Waals surface area contributed by atoms with Crippen LogP contribution in [0.1, 0.15) is 26.2 Å². The van der Waals surface area contributed by atoms with E-state index in [-0.39, 0.29) is 23.8 Å². The lowest BCUT2D eigenvalue weighted by molar-refractivity contribution is -0.130. The molecule has 3 atom stereocenters. The molecule has 0 radical (unpaired) electrons. The van der Waals surface area contributed by atoms with E-state index in [0.717, 1.165) is 19.3 Å². The van der Waals surface area contributed by atoms with Crippen molar-refractivity contribution in [2.75, 3.05) is 7.05 Å². The largest absolute Gasteiger partial charge is 0.357 e. The fourth-order valence-corrected chi connectivity index (χ4v) is 1.87. The molecule has 0 aromatic carbocycles. The summed E-state index contributed by atoms with van der Waals surface area (Å²) in [6.45, 7) is 1.67. The van der Waals surface area contributed by atoms with Crippen molar-refractivity contribution in [3.05, 3.63) is 0 Å². The summed E-state index contributed by atoms with van der Waals surface area (Å²) in [5, 5.41) is 5.18. The Morgan fingerprint density at radius 3 is 2.53 bits per heavy atom. The van der Waals surface area contributed by atoms with E-state index in [1.165, 1.54) is 0 Å². The van der Waals surface area contributed by atoms with Crippen molar-refractivity contribution in [3.63, 3.8) is 0 Å². The summed E-state index contributed by atoms with van der Waals surface area (Å²) < 4.78 is 0. The van der Waals surface area contributed by atoms with E-state index in [2.05, 4.69) is 10.6 Å². The van der Waals surface area contributed by atoms with Crippen molar-refractivity contribution in [3.8, 4) is 0 Å². The molecule has 1 saturated carbocycles. The summed E-state index contributed by atoms with van der Waals surface area (Å²) in [6, 6.07) is -0.338. The van der Waals surface area contributed by atoms with Crippen LogP contribution in [0.15, 0.2) is 0 Å². The second-order valence-electron chi connectivity index (χ2n) is 4.11. The predicted molar refractivity (Wildman–Crippen MR) is 57.0 cm³/mol. The first-order valence-corrected chi connectivity index (χ1v) is 5.32. The Morgan fingerprint density at radius 1 is 1.40 bits per heavy atom. The van der Waals surface area contributed by atoms with Gasteiger partial charge in [-0.3, -0.25) is 9.59 Å². The minimum Gasteiger partial charge on any atom is -0.357 e. The van der Waals surface area contributed by atoms with E-state index in [1.54, 1.807) is 14.0 Å². The van der Waals surface area contributed by atoms with Gasteiger partial charge in [0.1, 0.15) is 6.04 Å². The summed E-state index contributed by atoms with van der Waals surface area (Å²) >= 11 is 0. The molecule has 1 fully saturated rings. The predicted octanol–water partition coefficient (Wildman–Crippen LogP) is -0.635. The van der Waals surface area contributed by atoms with Gasteiger partial charge >= 0.3 is 0 Å². The zero-order valence-corrected chi connectivity index (χ0v) is 9.25. The van der Waals surface area contributed by atoms with Gasteiger partial charge in [-0.05, 0) is 26.2 Å². The molecule has 0 aromatic heterocycles. The Balaban J connectivity index is 2.38. The van der Waals surface area contributed by atoms with Crippen molar-refractivity contribution in [1.82, 2.24) is 10.6 Å². The van der Waals surface area contributed by atoms with E-state index in [0.29, 0.717) is 0 Å². The van der Waals surface area contributed by atoms with Crippen LogP contribution in [0.3, 0.4) is 0 Å². The Morgan fingerprint density at radius 2 is 2.07 bits per heavy atom. The summed E-state index contributed by atoms with van der Waals surface area (Å²) in [6.07, 6.45) is 2.45. The SMILES string of the molecule is CNC(=O)C(C)NC(=O)C1CCC(N)C1. The second-order valence-corrected chi connectivity index (χ2v) is 4.11. The molecule has 15 heavy (non-hydrogen) atoms. The van der Waals surface area contributed by atoms with Gasteiger partial charge in [-0.1, -0.05) is 0 Å². The highest BCUT2D eigenvalue weighted by molar-refractivity contribution is 5.88. The summed E-state index contributed by atoms with van der Waals surface area (Å²) in [5.41, 5.74) is 5.72. The topological polar surface area (TPSA) is 84.2 Å². The first-order valence-electron chi connectivity index (χ1n) is 5.32.